The molecule has 61 heavy (non-hydrogen) atoms. The molecule has 0 aliphatic carbocycles. The molecule has 0 bridgehead atoms. The first-order chi connectivity index (χ1) is 29.8. The monoisotopic (exact) mass is 855 g/mol. The Labute approximate surface area is 359 Å². The Morgan fingerprint density at radius 1 is 0.754 bits per heavy atom. The van der Waals surface area contributed by atoms with Crippen LogP contribution in [-0.4, -0.2) is 86.0 Å². The molecule has 18 heteroatoms. The van der Waals surface area contributed by atoms with Crippen LogP contribution in [0.4, 0.5) is 34.6 Å². The number of hydrogen-bond acceptors (Lipinski definition) is 13. The maximum absolute atomic E-state index is 12.5. The fourth-order valence-corrected chi connectivity index (χ4v) is 7.87. The van der Waals surface area contributed by atoms with Crippen molar-refractivity contribution in [1.82, 2.24) is 44.5 Å². The molecule has 0 radical (unpaired) electrons. The van der Waals surface area contributed by atoms with Crippen molar-refractivity contribution in [3.63, 3.8) is 0 Å². The molecule has 8 aromatic rings. The minimum atomic E-state index is 0.0190. The van der Waals surface area contributed by atoms with Gasteiger partial charge in [-0.15, -0.1) is 0 Å². The number of benzene rings is 2. The third-order valence-corrected chi connectivity index (χ3v) is 11.0. The lowest BCUT2D eigenvalue weighted by Crippen LogP contribution is -2.35. The van der Waals surface area contributed by atoms with Crippen LogP contribution in [-0.2, 0) is 17.6 Å². The second-order valence-corrected chi connectivity index (χ2v) is 14.9. The Morgan fingerprint density at radius 2 is 1.33 bits per heavy atom. The van der Waals surface area contributed by atoms with Crippen LogP contribution in [0.1, 0.15) is 11.1 Å². The average molecular weight is 857 g/mol. The molecule has 0 spiro atoms. The van der Waals surface area contributed by atoms with Crippen LogP contribution in [0.25, 0.3) is 33.5 Å². The quantitative estimate of drug-likeness (QED) is 0.107. The number of likely N-dealkylation sites (N-methyl/N-ethyl adjacent to an activating group) is 1. The Balaban J connectivity index is 0.000000158. The number of aromatic nitrogens is 8. The Kier molecular flexibility index (Phi) is 10.9. The summed E-state index contributed by atoms with van der Waals surface area (Å²) in [5.74, 6) is 2.21. The SMILES string of the molecule is CNCC(=O)N1CCc2cc(OC)c(Nc3ncc(Cl)c(-c4cnn5ccccc45)n3)cc21.COc1cc2c(cc1Nc1ncc(Cl)c(-c3cnn4ccccc34)n1)NCC2. The summed E-state index contributed by atoms with van der Waals surface area (Å²) in [6.45, 7) is 1.84. The summed E-state index contributed by atoms with van der Waals surface area (Å²) in [5, 5.41) is 22.4. The van der Waals surface area contributed by atoms with E-state index >= 15 is 0 Å². The van der Waals surface area contributed by atoms with E-state index in [0.717, 1.165) is 69.9 Å². The highest BCUT2D eigenvalue weighted by Gasteiger charge is 2.27. The van der Waals surface area contributed by atoms with Gasteiger partial charge in [0.25, 0.3) is 0 Å². The van der Waals surface area contributed by atoms with E-state index in [-0.39, 0.29) is 12.5 Å². The lowest BCUT2D eigenvalue weighted by molar-refractivity contribution is -0.117. The molecule has 16 nitrogen and oxygen atoms in total. The van der Waals surface area contributed by atoms with Gasteiger partial charge in [0.1, 0.15) is 11.5 Å². The van der Waals surface area contributed by atoms with E-state index in [1.165, 1.54) is 5.56 Å². The summed E-state index contributed by atoms with van der Waals surface area (Å²) in [5.41, 5.74) is 10.4. The lowest BCUT2D eigenvalue weighted by Gasteiger charge is -2.19. The number of hydrogen-bond donors (Lipinski definition) is 4. The minimum Gasteiger partial charge on any atom is -0.495 e. The number of amides is 1. The van der Waals surface area contributed by atoms with Crippen LogP contribution < -0.4 is 35.6 Å². The standard InChI is InChI=1S/C23H22ClN7O2.C20H17ClN6O/c1-25-13-21(32)30-8-6-14-9-20(33-2)17(10-19(14)30)28-23-26-12-16(24)22(29-23)15-11-27-31-7-4-3-5-18(15)31;1-28-18-8-12-5-6-22-15(12)9-16(18)25-20-23-11-14(21)19(26-20)13-10-24-27-7-3-2-4-17(13)27/h3-5,7,9-12,25H,6,8,13H2,1-2H3,(H,26,28,29);2-4,7-11,22H,5-6H2,1H3,(H,23,25,26). The number of rotatable bonds is 10. The van der Waals surface area contributed by atoms with Gasteiger partial charge in [-0.1, -0.05) is 35.3 Å². The maximum atomic E-state index is 12.5. The number of pyridine rings is 2. The largest absolute Gasteiger partial charge is 0.495 e. The third kappa shape index (κ3) is 7.79. The van der Waals surface area contributed by atoms with E-state index in [4.69, 9.17) is 32.7 Å². The molecule has 0 atom stereocenters. The molecule has 0 saturated heterocycles. The number of fused-ring (bicyclic) bond motifs is 4. The molecule has 308 valence electrons. The third-order valence-electron chi connectivity index (χ3n) is 10.4. The number of methoxy groups -OCH3 is 2. The highest BCUT2D eigenvalue weighted by molar-refractivity contribution is 6.33. The van der Waals surface area contributed by atoms with Gasteiger partial charge in [-0.3, -0.25) is 4.79 Å². The molecule has 8 heterocycles. The maximum Gasteiger partial charge on any atom is 0.240 e. The van der Waals surface area contributed by atoms with Crippen molar-refractivity contribution in [3.8, 4) is 34.0 Å². The van der Waals surface area contributed by atoms with Crippen molar-refractivity contribution >= 4 is 74.8 Å². The Hall–Kier alpha value is -7.01. The molecule has 2 aliphatic rings. The summed E-state index contributed by atoms with van der Waals surface area (Å²) in [6.07, 6.45) is 12.2. The topological polar surface area (TPSA) is 173 Å². The van der Waals surface area contributed by atoms with Gasteiger partial charge in [0.15, 0.2) is 0 Å². The van der Waals surface area contributed by atoms with E-state index in [9.17, 15) is 4.79 Å². The van der Waals surface area contributed by atoms with Gasteiger partial charge in [0.05, 0.1) is 89.4 Å². The van der Waals surface area contributed by atoms with Crippen molar-refractivity contribution in [2.24, 2.45) is 0 Å². The Morgan fingerprint density at radius 3 is 1.90 bits per heavy atom. The van der Waals surface area contributed by atoms with Crippen molar-refractivity contribution in [3.05, 3.63) is 119 Å². The minimum absolute atomic E-state index is 0.0190. The summed E-state index contributed by atoms with van der Waals surface area (Å²) in [6, 6.07) is 19.6. The van der Waals surface area contributed by atoms with E-state index in [1.807, 2.05) is 73.1 Å². The number of nitrogens with zero attached hydrogens (tertiary/aromatic N) is 9. The molecule has 0 saturated carbocycles. The predicted octanol–water partition coefficient (Wildman–Crippen LogP) is 7.47. The van der Waals surface area contributed by atoms with Crippen LogP contribution in [0.2, 0.25) is 10.0 Å². The average Bonchev–Trinajstić information content (AvgIpc) is 4.10. The zero-order valence-corrected chi connectivity index (χ0v) is 34.8. The molecule has 0 fully saturated rings. The van der Waals surface area contributed by atoms with Crippen LogP contribution >= 0.6 is 23.2 Å². The Bertz CT molecular complexity index is 2940. The van der Waals surface area contributed by atoms with Gasteiger partial charge in [0, 0.05) is 48.0 Å². The predicted molar refractivity (Wildman–Crippen MR) is 237 cm³/mol. The van der Waals surface area contributed by atoms with Gasteiger partial charge >= 0.3 is 0 Å². The van der Waals surface area contributed by atoms with Crippen molar-refractivity contribution in [1.29, 1.82) is 0 Å². The summed E-state index contributed by atoms with van der Waals surface area (Å²) >= 11 is 12.8. The van der Waals surface area contributed by atoms with Crippen LogP contribution in [0.15, 0.2) is 97.8 Å². The first-order valence-electron chi connectivity index (χ1n) is 19.4. The first-order valence-corrected chi connectivity index (χ1v) is 20.1. The van der Waals surface area contributed by atoms with Gasteiger partial charge < -0.3 is 35.6 Å². The van der Waals surface area contributed by atoms with E-state index in [0.29, 0.717) is 51.3 Å². The number of carbonyl (C=O) groups is 1. The van der Waals surface area contributed by atoms with Crippen LogP contribution in [0.3, 0.4) is 0 Å². The molecule has 6 aromatic heterocycles. The van der Waals surface area contributed by atoms with E-state index in [1.54, 1.807) is 60.0 Å². The van der Waals surface area contributed by atoms with Crippen molar-refractivity contribution in [2.45, 2.75) is 12.8 Å². The molecular formula is C43H39Cl2N13O3. The fraction of sp³-hybridized carbons (Fsp3) is 0.186. The summed E-state index contributed by atoms with van der Waals surface area (Å²) < 4.78 is 14.7. The summed E-state index contributed by atoms with van der Waals surface area (Å²) in [7, 11) is 5.02. The highest BCUT2D eigenvalue weighted by Crippen LogP contribution is 2.40. The zero-order valence-electron chi connectivity index (χ0n) is 33.3. The van der Waals surface area contributed by atoms with Gasteiger partial charge in [-0.2, -0.15) is 10.2 Å². The number of nitrogens with one attached hydrogen (secondary N) is 4. The van der Waals surface area contributed by atoms with E-state index < -0.39 is 0 Å². The normalized spacial score (nSPS) is 12.7. The second kappa shape index (κ2) is 16.9. The molecular weight excluding hydrogens is 817 g/mol. The molecule has 10 rings (SSSR count). The smallest absolute Gasteiger partial charge is 0.240 e. The molecule has 2 aromatic carbocycles. The molecule has 0 unspecified atom stereocenters. The number of carbonyl (C=O) groups excluding carboxylic acids is 1. The lowest BCUT2D eigenvalue weighted by atomic mass is 10.1. The molecule has 2 aliphatic heterocycles. The van der Waals surface area contributed by atoms with Crippen molar-refractivity contribution < 1.29 is 14.3 Å². The van der Waals surface area contributed by atoms with E-state index in [2.05, 4.69) is 51.4 Å². The summed E-state index contributed by atoms with van der Waals surface area (Å²) in [4.78, 5) is 32.3. The molecule has 4 N–H and O–H groups in total. The molecule has 1 amide bonds. The van der Waals surface area contributed by atoms with Gasteiger partial charge in [-0.25, -0.2) is 29.0 Å². The van der Waals surface area contributed by atoms with Crippen LogP contribution in [0.5, 0.6) is 11.5 Å². The van der Waals surface area contributed by atoms with Crippen LogP contribution in [0, 0.1) is 0 Å². The zero-order chi connectivity index (χ0) is 42.0. The number of anilines is 6. The second-order valence-electron chi connectivity index (χ2n) is 14.1. The van der Waals surface area contributed by atoms with Crippen molar-refractivity contribution in [2.75, 3.05) is 61.8 Å². The fourth-order valence-electron chi connectivity index (χ4n) is 7.49. The number of ether oxygens (including phenoxy) is 2. The van der Waals surface area contributed by atoms with Gasteiger partial charge in [0.2, 0.25) is 17.8 Å². The number of halogens is 2. The highest BCUT2D eigenvalue weighted by atomic mass is 35.5. The van der Waals surface area contributed by atoms with Gasteiger partial charge in [-0.05, 0) is 79.5 Å². The first kappa shape index (κ1) is 39.5.